The quantitative estimate of drug-likeness (QED) is 0.903. The molecule has 0 saturated heterocycles. The number of nitrogens with zero attached hydrogens (tertiary/aromatic N) is 2. The van der Waals surface area contributed by atoms with Crippen LogP contribution in [-0.2, 0) is 12.1 Å². The van der Waals surface area contributed by atoms with Crippen LogP contribution in [0.1, 0.15) is 33.3 Å². The van der Waals surface area contributed by atoms with Crippen molar-refractivity contribution in [2.24, 2.45) is 0 Å². The maximum Gasteiger partial charge on any atom is 0.119 e. The second-order valence-corrected chi connectivity index (χ2v) is 5.77. The van der Waals surface area contributed by atoms with Gasteiger partial charge in [0.15, 0.2) is 0 Å². The van der Waals surface area contributed by atoms with Crippen LogP contribution >= 0.6 is 0 Å². The minimum atomic E-state index is 0.0252. The third kappa shape index (κ3) is 3.76. The van der Waals surface area contributed by atoms with Gasteiger partial charge in [0, 0.05) is 24.0 Å². The van der Waals surface area contributed by atoms with E-state index >= 15 is 0 Å². The van der Waals surface area contributed by atoms with Crippen molar-refractivity contribution in [3.05, 3.63) is 42.2 Å². The van der Waals surface area contributed by atoms with Crippen molar-refractivity contribution in [2.75, 3.05) is 11.9 Å². The molecule has 20 heavy (non-hydrogen) atoms. The van der Waals surface area contributed by atoms with E-state index in [0.717, 1.165) is 18.0 Å². The Balaban J connectivity index is 1.93. The summed E-state index contributed by atoms with van der Waals surface area (Å²) < 4.78 is 7.41. The fourth-order valence-electron chi connectivity index (χ4n) is 1.86. The summed E-state index contributed by atoms with van der Waals surface area (Å²) in [6, 6.07) is 8.01. The SMILES string of the molecule is CCOc1ccc(NCc2cnn(C(C)(C)C)c2)cc1. The second kappa shape index (κ2) is 5.99. The maximum absolute atomic E-state index is 5.42. The summed E-state index contributed by atoms with van der Waals surface area (Å²) in [5.74, 6) is 0.901. The first-order valence-electron chi connectivity index (χ1n) is 7.00. The first kappa shape index (κ1) is 14.4. The molecular weight excluding hydrogens is 250 g/mol. The normalized spacial score (nSPS) is 11.4. The van der Waals surface area contributed by atoms with E-state index in [1.54, 1.807) is 0 Å². The van der Waals surface area contributed by atoms with E-state index in [9.17, 15) is 0 Å². The van der Waals surface area contributed by atoms with Crippen molar-refractivity contribution >= 4 is 5.69 Å². The van der Waals surface area contributed by atoms with Crippen molar-refractivity contribution in [3.63, 3.8) is 0 Å². The van der Waals surface area contributed by atoms with Crippen molar-refractivity contribution in [1.82, 2.24) is 9.78 Å². The van der Waals surface area contributed by atoms with Gasteiger partial charge < -0.3 is 10.1 Å². The average Bonchev–Trinajstić information content (AvgIpc) is 2.87. The summed E-state index contributed by atoms with van der Waals surface area (Å²) in [7, 11) is 0. The molecule has 1 aromatic heterocycles. The van der Waals surface area contributed by atoms with Gasteiger partial charge in [0.1, 0.15) is 5.75 Å². The van der Waals surface area contributed by atoms with Gasteiger partial charge in [-0.3, -0.25) is 4.68 Å². The summed E-state index contributed by atoms with van der Waals surface area (Å²) >= 11 is 0. The molecule has 0 spiro atoms. The molecule has 108 valence electrons. The average molecular weight is 273 g/mol. The zero-order valence-electron chi connectivity index (χ0n) is 12.7. The van der Waals surface area contributed by atoms with E-state index in [4.69, 9.17) is 4.74 Å². The van der Waals surface area contributed by atoms with E-state index in [1.165, 1.54) is 5.56 Å². The molecule has 0 saturated carbocycles. The predicted octanol–water partition coefficient (Wildman–Crippen LogP) is 3.65. The molecule has 1 heterocycles. The number of hydrogen-bond donors (Lipinski definition) is 1. The van der Waals surface area contributed by atoms with Gasteiger partial charge in [-0.1, -0.05) is 0 Å². The lowest BCUT2D eigenvalue weighted by atomic mass is 10.1. The molecule has 0 bridgehead atoms. The molecule has 0 aliphatic heterocycles. The van der Waals surface area contributed by atoms with Gasteiger partial charge in [-0.05, 0) is 52.0 Å². The summed E-state index contributed by atoms with van der Waals surface area (Å²) in [4.78, 5) is 0. The highest BCUT2D eigenvalue weighted by molar-refractivity contribution is 5.46. The standard InChI is InChI=1S/C16H23N3O/c1-5-20-15-8-6-14(7-9-15)17-10-13-11-18-19(12-13)16(2,3)4/h6-9,11-12,17H,5,10H2,1-4H3. The van der Waals surface area contributed by atoms with E-state index in [1.807, 2.05) is 42.1 Å². The monoisotopic (exact) mass is 273 g/mol. The molecule has 4 heteroatoms. The van der Waals surface area contributed by atoms with Gasteiger partial charge in [-0.2, -0.15) is 5.10 Å². The molecule has 1 N–H and O–H groups in total. The van der Waals surface area contributed by atoms with Gasteiger partial charge >= 0.3 is 0 Å². The van der Waals surface area contributed by atoms with Crippen LogP contribution in [0.15, 0.2) is 36.7 Å². The van der Waals surface area contributed by atoms with Crippen molar-refractivity contribution < 1.29 is 4.74 Å². The summed E-state index contributed by atoms with van der Waals surface area (Å²) in [6.45, 7) is 9.87. The summed E-state index contributed by atoms with van der Waals surface area (Å²) in [5.41, 5.74) is 2.28. The highest BCUT2D eigenvalue weighted by atomic mass is 16.5. The summed E-state index contributed by atoms with van der Waals surface area (Å²) in [6.07, 6.45) is 3.99. The number of rotatable bonds is 5. The Morgan fingerprint density at radius 1 is 1.20 bits per heavy atom. The van der Waals surface area contributed by atoms with Crippen LogP contribution in [0, 0.1) is 0 Å². The van der Waals surface area contributed by atoms with E-state index in [0.29, 0.717) is 6.61 Å². The zero-order chi connectivity index (χ0) is 14.6. The zero-order valence-corrected chi connectivity index (χ0v) is 12.7. The molecule has 0 radical (unpaired) electrons. The fraction of sp³-hybridized carbons (Fsp3) is 0.438. The largest absolute Gasteiger partial charge is 0.494 e. The highest BCUT2D eigenvalue weighted by Crippen LogP contribution is 2.17. The molecule has 0 fully saturated rings. The minimum absolute atomic E-state index is 0.0252. The van der Waals surface area contributed by atoms with Crippen LogP contribution < -0.4 is 10.1 Å². The number of ether oxygens (including phenoxy) is 1. The van der Waals surface area contributed by atoms with E-state index in [-0.39, 0.29) is 5.54 Å². The fourth-order valence-corrected chi connectivity index (χ4v) is 1.86. The topological polar surface area (TPSA) is 39.1 Å². The molecule has 0 aliphatic rings. The Hall–Kier alpha value is -1.97. The number of hydrogen-bond acceptors (Lipinski definition) is 3. The number of aromatic nitrogens is 2. The maximum atomic E-state index is 5.42. The van der Waals surface area contributed by atoms with Crippen LogP contribution in [0.3, 0.4) is 0 Å². The Labute approximate surface area is 120 Å². The molecule has 1 aromatic carbocycles. The lowest BCUT2D eigenvalue weighted by molar-refractivity contribution is 0.340. The number of nitrogens with one attached hydrogen (secondary N) is 1. The van der Waals surface area contributed by atoms with Gasteiger partial charge in [0.25, 0.3) is 0 Å². The van der Waals surface area contributed by atoms with Crippen LogP contribution in [0.5, 0.6) is 5.75 Å². The lowest BCUT2D eigenvalue weighted by Crippen LogP contribution is -2.21. The third-order valence-electron chi connectivity index (χ3n) is 2.99. The molecule has 2 rings (SSSR count). The Morgan fingerprint density at radius 3 is 2.45 bits per heavy atom. The molecule has 0 unspecified atom stereocenters. The smallest absolute Gasteiger partial charge is 0.119 e. The van der Waals surface area contributed by atoms with Gasteiger partial charge in [0.05, 0.1) is 18.3 Å². The van der Waals surface area contributed by atoms with E-state index < -0.39 is 0 Å². The van der Waals surface area contributed by atoms with Crippen molar-refractivity contribution in [3.8, 4) is 5.75 Å². The molecule has 0 atom stereocenters. The summed E-state index contributed by atoms with van der Waals surface area (Å²) in [5, 5.41) is 7.78. The Kier molecular flexibility index (Phi) is 4.32. The second-order valence-electron chi connectivity index (χ2n) is 5.77. The molecule has 2 aromatic rings. The molecule has 0 amide bonds. The van der Waals surface area contributed by atoms with E-state index in [2.05, 4.69) is 37.4 Å². The lowest BCUT2D eigenvalue weighted by Gasteiger charge is -2.18. The highest BCUT2D eigenvalue weighted by Gasteiger charge is 2.13. The van der Waals surface area contributed by atoms with Crippen LogP contribution in [0.4, 0.5) is 5.69 Å². The number of anilines is 1. The third-order valence-corrected chi connectivity index (χ3v) is 2.99. The first-order valence-corrected chi connectivity index (χ1v) is 7.00. The molecule has 0 aliphatic carbocycles. The number of benzene rings is 1. The molecular formula is C16H23N3O. The Bertz CT molecular complexity index is 538. The van der Waals surface area contributed by atoms with Crippen molar-refractivity contribution in [2.45, 2.75) is 39.8 Å². The predicted molar refractivity (Wildman–Crippen MR) is 82.2 cm³/mol. The first-order chi connectivity index (χ1) is 9.49. The Morgan fingerprint density at radius 2 is 1.90 bits per heavy atom. The van der Waals surface area contributed by atoms with Crippen LogP contribution in [0.25, 0.3) is 0 Å². The molecule has 4 nitrogen and oxygen atoms in total. The minimum Gasteiger partial charge on any atom is -0.494 e. The van der Waals surface area contributed by atoms with Crippen LogP contribution in [0.2, 0.25) is 0 Å². The van der Waals surface area contributed by atoms with Crippen LogP contribution in [-0.4, -0.2) is 16.4 Å². The van der Waals surface area contributed by atoms with Gasteiger partial charge in [0.2, 0.25) is 0 Å². The van der Waals surface area contributed by atoms with Gasteiger partial charge in [-0.15, -0.1) is 0 Å². The van der Waals surface area contributed by atoms with Gasteiger partial charge in [-0.25, -0.2) is 0 Å². The van der Waals surface area contributed by atoms with Crippen molar-refractivity contribution in [1.29, 1.82) is 0 Å².